The number of aliphatic carboxylic acids is 1. The first-order valence-electron chi connectivity index (χ1n) is 10.5. The molecular weight excluding hydrogens is 433 g/mol. The molecule has 0 amide bonds. The lowest BCUT2D eigenvalue weighted by atomic mass is 10.1. The highest BCUT2D eigenvalue weighted by Gasteiger charge is 2.21. The SMILES string of the molecule is CCCCc1nc(Cl)c(CN[C@@H](Cc2ccccc2)C(=O)O)n1Cc1ccccc1Cl. The fourth-order valence-electron chi connectivity index (χ4n) is 3.50. The molecule has 0 aliphatic rings. The second-order valence-electron chi connectivity index (χ2n) is 7.51. The first-order chi connectivity index (χ1) is 15.0. The zero-order chi connectivity index (χ0) is 22.2. The van der Waals surface area contributed by atoms with Gasteiger partial charge in [0.05, 0.1) is 12.2 Å². The normalized spacial score (nSPS) is 12.1. The van der Waals surface area contributed by atoms with Crippen molar-refractivity contribution in [3.63, 3.8) is 0 Å². The standard InChI is InChI=1S/C24H27Cl2N3O2/c1-2-3-13-22-28-23(26)21(29(22)16-18-11-7-8-12-19(18)25)15-27-20(24(30)31)14-17-9-5-4-6-10-17/h4-12,20,27H,2-3,13-16H2,1H3,(H,30,31)/t20-/m0/s1. The van der Waals surface area contributed by atoms with E-state index >= 15 is 0 Å². The van der Waals surface area contributed by atoms with Crippen LogP contribution in [0.3, 0.4) is 0 Å². The van der Waals surface area contributed by atoms with Gasteiger partial charge < -0.3 is 9.67 Å². The van der Waals surface area contributed by atoms with E-state index in [1.165, 1.54) is 0 Å². The van der Waals surface area contributed by atoms with Gasteiger partial charge in [-0.1, -0.05) is 85.1 Å². The Morgan fingerprint density at radius 1 is 1.13 bits per heavy atom. The molecule has 0 radical (unpaired) electrons. The number of hydrogen-bond donors (Lipinski definition) is 2. The molecule has 2 N–H and O–H groups in total. The van der Waals surface area contributed by atoms with Gasteiger partial charge in [-0.15, -0.1) is 0 Å². The average Bonchev–Trinajstić information content (AvgIpc) is 3.06. The highest BCUT2D eigenvalue weighted by atomic mass is 35.5. The molecule has 3 aromatic rings. The number of unbranched alkanes of at least 4 members (excludes halogenated alkanes) is 1. The zero-order valence-electron chi connectivity index (χ0n) is 17.5. The molecule has 2 aromatic carbocycles. The quantitative estimate of drug-likeness (QED) is 0.404. The van der Waals surface area contributed by atoms with Crippen LogP contribution in [0.5, 0.6) is 0 Å². The molecule has 5 nitrogen and oxygen atoms in total. The lowest BCUT2D eigenvalue weighted by Gasteiger charge is -2.17. The number of carbonyl (C=O) groups is 1. The smallest absolute Gasteiger partial charge is 0.321 e. The molecule has 164 valence electrons. The largest absolute Gasteiger partial charge is 0.480 e. The van der Waals surface area contributed by atoms with Gasteiger partial charge in [0.25, 0.3) is 0 Å². The minimum atomic E-state index is -0.900. The van der Waals surface area contributed by atoms with Gasteiger partial charge in [-0.25, -0.2) is 4.98 Å². The number of nitrogens with one attached hydrogen (secondary N) is 1. The van der Waals surface area contributed by atoms with Gasteiger partial charge in [0.15, 0.2) is 5.15 Å². The summed E-state index contributed by atoms with van der Waals surface area (Å²) in [5, 5.41) is 13.9. The van der Waals surface area contributed by atoms with Crippen LogP contribution in [-0.2, 0) is 30.7 Å². The van der Waals surface area contributed by atoms with Crippen LogP contribution in [0.4, 0.5) is 0 Å². The molecule has 7 heteroatoms. The topological polar surface area (TPSA) is 67.2 Å². The molecule has 0 spiro atoms. The number of halogens is 2. The molecule has 3 rings (SSSR count). The first-order valence-corrected chi connectivity index (χ1v) is 11.2. The summed E-state index contributed by atoms with van der Waals surface area (Å²) in [5.41, 5.74) is 2.70. The van der Waals surface area contributed by atoms with E-state index in [2.05, 4.69) is 21.8 Å². The van der Waals surface area contributed by atoms with Crippen LogP contribution in [0, 0.1) is 0 Å². The number of imidazole rings is 1. The number of hydrogen-bond acceptors (Lipinski definition) is 3. The van der Waals surface area contributed by atoms with Gasteiger partial charge in [0.1, 0.15) is 11.9 Å². The number of carboxylic acid groups (broad SMARTS) is 1. The fourth-order valence-corrected chi connectivity index (χ4v) is 3.96. The molecule has 1 aromatic heterocycles. The molecular formula is C24H27Cl2N3O2. The average molecular weight is 460 g/mol. The summed E-state index contributed by atoms with van der Waals surface area (Å²) in [5.74, 6) is -0.0122. The van der Waals surface area contributed by atoms with E-state index in [1.807, 2.05) is 54.6 Å². The third kappa shape index (κ3) is 6.33. The van der Waals surface area contributed by atoms with Crippen molar-refractivity contribution >= 4 is 29.2 Å². The van der Waals surface area contributed by atoms with Crippen LogP contribution < -0.4 is 5.32 Å². The van der Waals surface area contributed by atoms with Crippen LogP contribution in [0.15, 0.2) is 54.6 Å². The second-order valence-corrected chi connectivity index (χ2v) is 8.27. The number of aromatic nitrogens is 2. The Hall–Kier alpha value is -2.34. The van der Waals surface area contributed by atoms with Crippen molar-refractivity contribution in [2.45, 2.75) is 51.7 Å². The molecule has 1 heterocycles. The Morgan fingerprint density at radius 2 is 1.84 bits per heavy atom. The monoisotopic (exact) mass is 459 g/mol. The van der Waals surface area contributed by atoms with E-state index in [0.29, 0.717) is 29.7 Å². The van der Waals surface area contributed by atoms with Crippen molar-refractivity contribution in [2.24, 2.45) is 0 Å². The van der Waals surface area contributed by atoms with E-state index in [1.54, 1.807) is 0 Å². The van der Waals surface area contributed by atoms with Crippen molar-refractivity contribution in [3.05, 3.63) is 87.4 Å². The number of nitrogens with zero attached hydrogens (tertiary/aromatic N) is 2. The predicted molar refractivity (Wildman–Crippen MR) is 125 cm³/mol. The minimum Gasteiger partial charge on any atom is -0.480 e. The summed E-state index contributed by atoms with van der Waals surface area (Å²) >= 11 is 12.9. The van der Waals surface area contributed by atoms with Gasteiger partial charge >= 0.3 is 5.97 Å². The van der Waals surface area contributed by atoms with Crippen LogP contribution >= 0.6 is 23.2 Å². The first kappa shape index (κ1) is 23.3. The molecule has 31 heavy (non-hydrogen) atoms. The van der Waals surface area contributed by atoms with Crippen molar-refractivity contribution in [1.29, 1.82) is 0 Å². The lowest BCUT2D eigenvalue weighted by molar-refractivity contribution is -0.139. The third-order valence-corrected chi connectivity index (χ3v) is 5.91. The number of rotatable bonds is 11. The number of aryl methyl sites for hydroxylation is 1. The molecule has 0 aliphatic carbocycles. The summed E-state index contributed by atoms with van der Waals surface area (Å²) in [4.78, 5) is 16.4. The Kier molecular flexibility index (Phi) is 8.52. The van der Waals surface area contributed by atoms with E-state index in [4.69, 9.17) is 23.2 Å². The fraction of sp³-hybridized carbons (Fsp3) is 0.333. The van der Waals surface area contributed by atoms with E-state index in [0.717, 1.165) is 41.9 Å². The van der Waals surface area contributed by atoms with Gasteiger partial charge in [0, 0.05) is 18.0 Å². The Bertz CT molecular complexity index is 1010. The van der Waals surface area contributed by atoms with Crippen molar-refractivity contribution < 1.29 is 9.90 Å². The Labute approximate surface area is 193 Å². The summed E-state index contributed by atoms with van der Waals surface area (Å²) in [6.45, 7) is 2.96. The Balaban J connectivity index is 1.84. The summed E-state index contributed by atoms with van der Waals surface area (Å²) in [7, 11) is 0. The molecule has 0 saturated heterocycles. The van der Waals surface area contributed by atoms with Crippen molar-refractivity contribution in [2.75, 3.05) is 0 Å². The maximum Gasteiger partial charge on any atom is 0.321 e. The molecule has 0 aliphatic heterocycles. The highest BCUT2D eigenvalue weighted by molar-refractivity contribution is 6.31. The van der Waals surface area contributed by atoms with Gasteiger partial charge in [-0.2, -0.15) is 0 Å². The van der Waals surface area contributed by atoms with E-state index in [9.17, 15) is 9.90 Å². The lowest BCUT2D eigenvalue weighted by Crippen LogP contribution is -2.38. The Morgan fingerprint density at radius 3 is 2.52 bits per heavy atom. The number of benzene rings is 2. The van der Waals surface area contributed by atoms with Crippen LogP contribution in [0.25, 0.3) is 0 Å². The van der Waals surface area contributed by atoms with E-state index in [-0.39, 0.29) is 0 Å². The van der Waals surface area contributed by atoms with Crippen molar-refractivity contribution in [1.82, 2.24) is 14.9 Å². The zero-order valence-corrected chi connectivity index (χ0v) is 19.0. The second kappa shape index (κ2) is 11.3. The third-order valence-electron chi connectivity index (χ3n) is 5.24. The number of carboxylic acids is 1. The molecule has 0 bridgehead atoms. The van der Waals surface area contributed by atoms with Gasteiger partial charge in [-0.05, 0) is 30.0 Å². The minimum absolute atomic E-state index is 0.298. The van der Waals surface area contributed by atoms with Crippen LogP contribution in [0.1, 0.15) is 42.4 Å². The van der Waals surface area contributed by atoms with Gasteiger partial charge in [0.2, 0.25) is 0 Å². The van der Waals surface area contributed by atoms with Crippen LogP contribution in [-0.4, -0.2) is 26.7 Å². The van der Waals surface area contributed by atoms with Gasteiger partial charge in [-0.3, -0.25) is 10.1 Å². The predicted octanol–water partition coefficient (Wildman–Crippen LogP) is 5.37. The highest BCUT2D eigenvalue weighted by Crippen LogP contribution is 2.24. The molecule has 0 saturated carbocycles. The summed E-state index contributed by atoms with van der Waals surface area (Å²) in [6, 6.07) is 16.5. The van der Waals surface area contributed by atoms with E-state index < -0.39 is 12.0 Å². The maximum absolute atomic E-state index is 11.8. The summed E-state index contributed by atoms with van der Waals surface area (Å²) < 4.78 is 2.06. The maximum atomic E-state index is 11.8. The molecule has 1 atom stereocenters. The van der Waals surface area contributed by atoms with Crippen LogP contribution in [0.2, 0.25) is 10.2 Å². The molecule has 0 unspecified atom stereocenters. The molecule has 0 fully saturated rings. The summed E-state index contributed by atoms with van der Waals surface area (Å²) in [6.07, 6.45) is 3.22. The van der Waals surface area contributed by atoms with Crippen molar-refractivity contribution in [3.8, 4) is 0 Å².